The van der Waals surface area contributed by atoms with Gasteiger partial charge in [0.15, 0.2) is 0 Å². The molecule has 0 fully saturated rings. The highest BCUT2D eigenvalue weighted by atomic mass is 32.2. The Balaban J connectivity index is 1.99. The predicted octanol–water partition coefficient (Wildman–Crippen LogP) is 3.20. The molecule has 2 aromatic carbocycles. The quantitative estimate of drug-likeness (QED) is 0.653. The average molecular weight is 442 g/mol. The molecule has 0 bridgehead atoms. The summed E-state index contributed by atoms with van der Waals surface area (Å²) in [5, 5.41) is 9.00. The number of hydrogen-bond donors (Lipinski definition) is 0. The van der Waals surface area contributed by atoms with Gasteiger partial charge in [-0.15, -0.1) is 0 Å². The SMILES string of the molecule is CCOc1ccc(N(CCC#N)C(=O)c2ccc3c(c2)S(=O)(=O)N(C(C)C)C3=O)cc1. The van der Waals surface area contributed by atoms with Crippen LogP contribution < -0.4 is 9.64 Å². The van der Waals surface area contributed by atoms with E-state index in [1.165, 1.54) is 23.1 Å². The van der Waals surface area contributed by atoms with Gasteiger partial charge in [0.05, 0.1) is 24.7 Å². The molecule has 8 nitrogen and oxygen atoms in total. The molecule has 3 rings (SSSR count). The number of carbonyl (C=O) groups is 2. The van der Waals surface area contributed by atoms with Crippen LogP contribution in [0, 0.1) is 11.3 Å². The normalized spacial score (nSPS) is 14.3. The van der Waals surface area contributed by atoms with Crippen LogP contribution in [0.15, 0.2) is 47.4 Å². The van der Waals surface area contributed by atoms with Crippen LogP contribution in [-0.2, 0) is 10.0 Å². The summed E-state index contributed by atoms with van der Waals surface area (Å²) >= 11 is 0. The number of nitriles is 1. The highest BCUT2D eigenvalue weighted by molar-refractivity contribution is 7.90. The Morgan fingerprint density at radius 1 is 1.19 bits per heavy atom. The number of amides is 2. The minimum absolute atomic E-state index is 0.0508. The molecule has 0 N–H and O–H groups in total. The Hall–Kier alpha value is -3.38. The predicted molar refractivity (Wildman–Crippen MR) is 114 cm³/mol. The molecule has 162 valence electrons. The summed E-state index contributed by atoms with van der Waals surface area (Å²) in [5.74, 6) is -0.417. The molecule has 0 aromatic heterocycles. The number of hydrogen-bond acceptors (Lipinski definition) is 6. The van der Waals surface area contributed by atoms with E-state index in [0.29, 0.717) is 18.0 Å². The first-order chi connectivity index (χ1) is 14.7. The van der Waals surface area contributed by atoms with Crippen LogP contribution in [-0.4, -0.2) is 43.7 Å². The zero-order valence-electron chi connectivity index (χ0n) is 17.5. The minimum atomic E-state index is -4.03. The van der Waals surface area contributed by atoms with Gasteiger partial charge in [-0.25, -0.2) is 12.7 Å². The van der Waals surface area contributed by atoms with Crippen LogP contribution in [0.1, 0.15) is 47.9 Å². The van der Waals surface area contributed by atoms with Gasteiger partial charge in [0, 0.05) is 23.8 Å². The molecule has 9 heteroatoms. The van der Waals surface area contributed by atoms with Gasteiger partial charge in [-0.05, 0) is 63.2 Å². The first-order valence-electron chi connectivity index (χ1n) is 9.86. The monoisotopic (exact) mass is 441 g/mol. The Morgan fingerprint density at radius 2 is 1.87 bits per heavy atom. The molecule has 0 saturated heterocycles. The van der Waals surface area contributed by atoms with Crippen molar-refractivity contribution in [3.8, 4) is 11.8 Å². The van der Waals surface area contributed by atoms with E-state index >= 15 is 0 Å². The number of sulfonamides is 1. The van der Waals surface area contributed by atoms with Gasteiger partial charge in [0.2, 0.25) is 0 Å². The van der Waals surface area contributed by atoms with Crippen molar-refractivity contribution in [1.82, 2.24) is 4.31 Å². The summed E-state index contributed by atoms with van der Waals surface area (Å²) in [6.45, 7) is 5.73. The molecule has 2 aromatic rings. The van der Waals surface area contributed by atoms with E-state index < -0.39 is 27.9 Å². The van der Waals surface area contributed by atoms with Gasteiger partial charge in [-0.1, -0.05) is 0 Å². The third-order valence-corrected chi connectivity index (χ3v) is 6.82. The van der Waals surface area contributed by atoms with Gasteiger partial charge in [-0.3, -0.25) is 9.59 Å². The molecule has 0 saturated carbocycles. The first-order valence-corrected chi connectivity index (χ1v) is 11.3. The van der Waals surface area contributed by atoms with Crippen LogP contribution in [0.5, 0.6) is 5.75 Å². The van der Waals surface area contributed by atoms with Gasteiger partial charge in [0.25, 0.3) is 21.8 Å². The maximum Gasteiger partial charge on any atom is 0.269 e. The maximum absolute atomic E-state index is 13.3. The Kier molecular flexibility index (Phi) is 6.32. The number of carbonyl (C=O) groups excluding carboxylic acids is 2. The number of nitrogens with zero attached hydrogens (tertiary/aromatic N) is 3. The lowest BCUT2D eigenvalue weighted by atomic mass is 10.1. The summed E-state index contributed by atoms with van der Waals surface area (Å²) in [6.07, 6.45) is 0.0990. The van der Waals surface area contributed by atoms with Gasteiger partial charge in [0.1, 0.15) is 10.6 Å². The number of ether oxygens (including phenoxy) is 1. The Labute approximate surface area is 181 Å². The lowest BCUT2D eigenvalue weighted by Crippen LogP contribution is -2.36. The van der Waals surface area contributed by atoms with Crippen LogP contribution in [0.3, 0.4) is 0 Å². The van der Waals surface area contributed by atoms with E-state index in [1.807, 2.05) is 13.0 Å². The number of anilines is 1. The highest BCUT2D eigenvalue weighted by Crippen LogP contribution is 2.33. The van der Waals surface area contributed by atoms with Crippen molar-refractivity contribution in [3.63, 3.8) is 0 Å². The molecule has 1 heterocycles. The summed E-state index contributed by atoms with van der Waals surface area (Å²) in [5.41, 5.74) is 0.717. The van der Waals surface area contributed by atoms with Gasteiger partial charge in [-0.2, -0.15) is 5.26 Å². The smallest absolute Gasteiger partial charge is 0.269 e. The second-order valence-corrected chi connectivity index (χ2v) is 8.99. The third-order valence-electron chi connectivity index (χ3n) is 4.82. The fraction of sp³-hybridized carbons (Fsp3) is 0.318. The largest absolute Gasteiger partial charge is 0.494 e. The average Bonchev–Trinajstić information content (AvgIpc) is 2.94. The second-order valence-electron chi connectivity index (χ2n) is 7.20. The fourth-order valence-corrected chi connectivity index (χ4v) is 5.24. The molecule has 0 aliphatic carbocycles. The lowest BCUT2D eigenvalue weighted by molar-refractivity contribution is 0.0845. The molecule has 0 spiro atoms. The molecule has 1 aliphatic rings. The van der Waals surface area contributed by atoms with Crippen molar-refractivity contribution < 1.29 is 22.7 Å². The van der Waals surface area contributed by atoms with E-state index in [1.54, 1.807) is 38.1 Å². The zero-order chi connectivity index (χ0) is 22.8. The lowest BCUT2D eigenvalue weighted by Gasteiger charge is -2.22. The highest BCUT2D eigenvalue weighted by Gasteiger charge is 2.43. The molecule has 1 aliphatic heterocycles. The van der Waals surface area contributed by atoms with Crippen molar-refractivity contribution >= 4 is 27.5 Å². The Morgan fingerprint density at radius 3 is 2.45 bits per heavy atom. The minimum Gasteiger partial charge on any atom is -0.494 e. The van der Waals surface area contributed by atoms with Crippen LogP contribution in [0.4, 0.5) is 5.69 Å². The summed E-state index contributed by atoms with van der Waals surface area (Å²) < 4.78 is 31.9. The molecule has 0 radical (unpaired) electrons. The van der Waals surface area contributed by atoms with E-state index in [2.05, 4.69) is 0 Å². The standard InChI is InChI=1S/C22H23N3O5S/c1-4-30-18-9-7-17(8-10-18)24(13-5-12-23)21(26)16-6-11-19-20(14-16)31(28,29)25(15(2)3)22(19)27/h6-11,14-15H,4-5,13H2,1-3H3. The molecular formula is C22H23N3O5S. The number of fused-ring (bicyclic) bond motifs is 1. The topological polar surface area (TPSA) is 108 Å². The number of benzene rings is 2. The van der Waals surface area contributed by atoms with Gasteiger partial charge >= 0.3 is 0 Å². The van der Waals surface area contributed by atoms with Crippen molar-refractivity contribution in [2.24, 2.45) is 0 Å². The fourth-order valence-electron chi connectivity index (χ4n) is 3.45. The van der Waals surface area contributed by atoms with E-state index in [4.69, 9.17) is 10.00 Å². The van der Waals surface area contributed by atoms with Crippen LogP contribution in [0.25, 0.3) is 0 Å². The zero-order valence-corrected chi connectivity index (χ0v) is 18.3. The van der Waals surface area contributed by atoms with E-state index in [9.17, 15) is 18.0 Å². The van der Waals surface area contributed by atoms with Crippen molar-refractivity contribution in [3.05, 3.63) is 53.6 Å². The second kappa shape index (κ2) is 8.78. The molecule has 31 heavy (non-hydrogen) atoms. The van der Waals surface area contributed by atoms with Crippen LogP contribution >= 0.6 is 0 Å². The molecule has 0 atom stereocenters. The van der Waals surface area contributed by atoms with Crippen LogP contribution in [0.2, 0.25) is 0 Å². The van der Waals surface area contributed by atoms with Gasteiger partial charge < -0.3 is 9.64 Å². The van der Waals surface area contributed by atoms with E-state index in [0.717, 1.165) is 4.31 Å². The maximum atomic E-state index is 13.3. The summed E-state index contributed by atoms with van der Waals surface area (Å²) in [7, 11) is -4.03. The van der Waals surface area contributed by atoms with Crippen molar-refractivity contribution in [1.29, 1.82) is 5.26 Å². The molecule has 0 unspecified atom stereocenters. The first kappa shape index (κ1) is 22.3. The summed E-state index contributed by atoms with van der Waals surface area (Å²) in [4.78, 5) is 27.0. The molecule has 2 amide bonds. The Bertz CT molecular complexity index is 1150. The number of rotatable bonds is 7. The van der Waals surface area contributed by atoms with Crippen molar-refractivity contribution in [2.75, 3.05) is 18.1 Å². The van der Waals surface area contributed by atoms with E-state index in [-0.39, 0.29) is 29.0 Å². The molecular weight excluding hydrogens is 418 g/mol. The van der Waals surface area contributed by atoms with Crippen molar-refractivity contribution in [2.45, 2.75) is 38.1 Å². The third kappa shape index (κ3) is 4.11. The summed E-state index contributed by atoms with van der Waals surface area (Å²) in [6, 6.07) is 12.4.